The van der Waals surface area contributed by atoms with E-state index in [1.54, 1.807) is 0 Å². The molecule has 170 valence electrons. The van der Waals surface area contributed by atoms with Crippen molar-refractivity contribution in [2.75, 3.05) is 5.32 Å². The molecule has 1 N–H and O–H groups in total. The van der Waals surface area contributed by atoms with Gasteiger partial charge in [-0.3, -0.25) is 14.2 Å². The van der Waals surface area contributed by atoms with Crippen molar-refractivity contribution in [1.29, 1.82) is 0 Å². The third-order valence-corrected chi connectivity index (χ3v) is 6.78. The number of halogens is 4. The molecule has 6 nitrogen and oxygen atoms in total. The Kier molecular flexibility index (Phi) is 6.52. The Hall–Kier alpha value is -2.46. The molecule has 0 bridgehead atoms. The van der Waals surface area contributed by atoms with Gasteiger partial charge in [-0.1, -0.05) is 61.1 Å². The Morgan fingerprint density at radius 1 is 1.25 bits per heavy atom. The Bertz CT molecular complexity index is 1190. The predicted octanol–water partition coefficient (Wildman–Crippen LogP) is 5.68. The topological polar surface area (TPSA) is 76.9 Å². The van der Waals surface area contributed by atoms with Gasteiger partial charge in [0, 0.05) is 0 Å². The number of rotatable bonds is 5. The molecule has 4 rings (SSSR count). The lowest BCUT2D eigenvalue weighted by Crippen LogP contribution is -2.35. The monoisotopic (exact) mass is 484 g/mol. The van der Waals surface area contributed by atoms with E-state index in [1.165, 1.54) is 18.3 Å². The minimum absolute atomic E-state index is 0.180. The van der Waals surface area contributed by atoms with E-state index in [1.807, 2.05) is 0 Å². The predicted molar refractivity (Wildman–Crippen MR) is 117 cm³/mol. The van der Waals surface area contributed by atoms with Crippen molar-refractivity contribution in [3.05, 3.63) is 51.0 Å². The molecule has 0 aliphatic heterocycles. The highest BCUT2D eigenvalue weighted by Gasteiger charge is 2.34. The van der Waals surface area contributed by atoms with Crippen molar-refractivity contribution in [2.24, 2.45) is 5.92 Å². The SMILES string of the molecule is O=C(Nc1ncc(Cl)s1)C(CC1CCCCC1)n1cnc2c(C(F)(F)F)cccc2c1=O. The van der Waals surface area contributed by atoms with E-state index in [0.717, 1.165) is 60.4 Å². The van der Waals surface area contributed by atoms with Crippen LogP contribution >= 0.6 is 22.9 Å². The molecule has 1 aliphatic carbocycles. The molecule has 1 aliphatic rings. The maximum atomic E-state index is 13.4. The van der Waals surface area contributed by atoms with E-state index >= 15 is 0 Å². The first-order valence-corrected chi connectivity index (χ1v) is 11.4. The van der Waals surface area contributed by atoms with Crippen molar-refractivity contribution in [1.82, 2.24) is 14.5 Å². The maximum Gasteiger partial charge on any atom is 0.418 e. The highest BCUT2D eigenvalue weighted by Crippen LogP contribution is 2.34. The lowest BCUT2D eigenvalue weighted by Gasteiger charge is -2.27. The number of hydrogen-bond acceptors (Lipinski definition) is 5. The number of thiazole rings is 1. The standard InChI is InChI=1S/C21H20ClF3N4O2S/c22-16-10-26-20(32-16)28-18(30)15(9-12-5-2-1-3-6-12)29-11-27-17-13(19(29)31)7-4-8-14(17)21(23,24)25/h4,7-8,10-12,15H,1-3,5-6,9H2,(H,26,28,30). The second kappa shape index (κ2) is 9.19. The number of amides is 1. The molecular formula is C21H20ClF3N4O2S. The first-order valence-electron chi connectivity index (χ1n) is 10.2. The second-order valence-corrected chi connectivity index (χ2v) is 9.53. The first kappa shape index (κ1) is 22.7. The molecule has 0 spiro atoms. The molecule has 11 heteroatoms. The van der Waals surface area contributed by atoms with E-state index < -0.39 is 34.8 Å². The quantitative estimate of drug-likeness (QED) is 0.505. The average Bonchev–Trinajstić information content (AvgIpc) is 3.17. The van der Waals surface area contributed by atoms with Gasteiger partial charge in [0.25, 0.3) is 5.56 Å². The fourth-order valence-corrected chi connectivity index (χ4v) is 5.02. The Morgan fingerprint density at radius 3 is 2.66 bits per heavy atom. The van der Waals surface area contributed by atoms with Crippen LogP contribution in [0.1, 0.15) is 50.1 Å². The van der Waals surface area contributed by atoms with Crippen LogP contribution in [0.5, 0.6) is 0 Å². The minimum atomic E-state index is -4.64. The van der Waals surface area contributed by atoms with Gasteiger partial charge in [0.05, 0.1) is 29.0 Å². The largest absolute Gasteiger partial charge is 0.418 e. The highest BCUT2D eigenvalue weighted by molar-refractivity contribution is 7.19. The maximum absolute atomic E-state index is 13.4. The molecule has 1 fully saturated rings. The molecule has 1 amide bonds. The zero-order valence-electron chi connectivity index (χ0n) is 16.9. The summed E-state index contributed by atoms with van der Waals surface area (Å²) in [5.74, 6) is -0.250. The molecule has 1 atom stereocenters. The van der Waals surface area contributed by atoms with Gasteiger partial charge in [-0.15, -0.1) is 0 Å². The number of carbonyl (C=O) groups excluding carboxylic acids is 1. The number of alkyl halides is 3. The summed E-state index contributed by atoms with van der Waals surface area (Å²) in [6.45, 7) is 0. The molecule has 0 radical (unpaired) electrons. The second-order valence-electron chi connectivity index (χ2n) is 7.87. The van der Waals surface area contributed by atoms with Crippen LogP contribution in [0.15, 0.2) is 35.5 Å². The van der Waals surface area contributed by atoms with Gasteiger partial charge >= 0.3 is 6.18 Å². The van der Waals surface area contributed by atoms with Gasteiger partial charge < -0.3 is 5.32 Å². The summed E-state index contributed by atoms with van der Waals surface area (Å²) in [7, 11) is 0. The van der Waals surface area contributed by atoms with Crippen LogP contribution in [-0.2, 0) is 11.0 Å². The van der Waals surface area contributed by atoms with E-state index in [9.17, 15) is 22.8 Å². The van der Waals surface area contributed by atoms with Crippen molar-refractivity contribution < 1.29 is 18.0 Å². The summed E-state index contributed by atoms with van der Waals surface area (Å²) < 4.78 is 41.6. The van der Waals surface area contributed by atoms with Gasteiger partial charge in [0.15, 0.2) is 5.13 Å². The molecule has 1 saturated carbocycles. The number of para-hydroxylation sites is 1. The van der Waals surface area contributed by atoms with Crippen LogP contribution in [0.3, 0.4) is 0 Å². The molecular weight excluding hydrogens is 465 g/mol. The molecule has 2 aromatic heterocycles. The van der Waals surface area contributed by atoms with Crippen molar-refractivity contribution in [3.8, 4) is 0 Å². The molecule has 32 heavy (non-hydrogen) atoms. The fourth-order valence-electron chi connectivity index (χ4n) is 4.20. The first-order chi connectivity index (χ1) is 15.2. The summed E-state index contributed by atoms with van der Waals surface area (Å²) in [5.41, 5.74) is -2.09. The minimum Gasteiger partial charge on any atom is -0.300 e. The number of aromatic nitrogens is 3. The van der Waals surface area contributed by atoms with Crippen LogP contribution in [0.4, 0.5) is 18.3 Å². The lowest BCUT2D eigenvalue weighted by atomic mass is 9.84. The number of nitrogens with zero attached hydrogens (tertiary/aromatic N) is 3. The zero-order chi connectivity index (χ0) is 22.9. The average molecular weight is 485 g/mol. The van der Waals surface area contributed by atoms with Gasteiger partial charge in [-0.2, -0.15) is 13.2 Å². The van der Waals surface area contributed by atoms with Crippen molar-refractivity contribution in [3.63, 3.8) is 0 Å². The fraction of sp³-hybridized carbons (Fsp3) is 0.429. The van der Waals surface area contributed by atoms with Crippen molar-refractivity contribution >= 4 is 44.9 Å². The van der Waals surface area contributed by atoms with Gasteiger partial charge in [-0.05, 0) is 24.5 Å². The summed E-state index contributed by atoms with van der Waals surface area (Å²) >= 11 is 6.97. The van der Waals surface area contributed by atoms with Gasteiger partial charge in [-0.25, -0.2) is 9.97 Å². The van der Waals surface area contributed by atoms with Crippen LogP contribution in [0.2, 0.25) is 4.34 Å². The summed E-state index contributed by atoms with van der Waals surface area (Å²) in [6.07, 6.45) is 3.26. The third kappa shape index (κ3) is 4.80. The van der Waals surface area contributed by atoms with E-state index in [-0.39, 0.29) is 16.4 Å². The molecule has 0 saturated heterocycles. The third-order valence-electron chi connectivity index (χ3n) is 5.74. The Morgan fingerprint density at radius 2 is 2.00 bits per heavy atom. The molecule has 2 heterocycles. The smallest absolute Gasteiger partial charge is 0.300 e. The highest BCUT2D eigenvalue weighted by atomic mass is 35.5. The number of benzene rings is 1. The lowest BCUT2D eigenvalue weighted by molar-refractivity contribution is -0.136. The summed E-state index contributed by atoms with van der Waals surface area (Å²) in [5, 5.41) is 2.79. The normalized spacial score (nSPS) is 16.2. The van der Waals surface area contributed by atoms with E-state index in [0.29, 0.717) is 10.8 Å². The Balaban J connectivity index is 1.74. The molecule has 1 aromatic carbocycles. The number of fused-ring (bicyclic) bond motifs is 1. The van der Waals surface area contributed by atoms with Gasteiger partial charge in [0.1, 0.15) is 10.4 Å². The van der Waals surface area contributed by atoms with Crippen LogP contribution in [-0.4, -0.2) is 20.4 Å². The van der Waals surface area contributed by atoms with Crippen LogP contribution < -0.4 is 10.9 Å². The van der Waals surface area contributed by atoms with Crippen LogP contribution in [0, 0.1) is 5.92 Å². The van der Waals surface area contributed by atoms with Gasteiger partial charge in [0.2, 0.25) is 5.91 Å². The van der Waals surface area contributed by atoms with Crippen molar-refractivity contribution in [2.45, 2.75) is 50.7 Å². The number of hydrogen-bond donors (Lipinski definition) is 1. The molecule has 3 aromatic rings. The Labute approximate surface area is 190 Å². The molecule has 1 unspecified atom stereocenters. The van der Waals surface area contributed by atoms with E-state index in [4.69, 9.17) is 11.6 Å². The number of nitrogens with one attached hydrogen (secondary N) is 1. The summed E-state index contributed by atoms with van der Waals surface area (Å²) in [4.78, 5) is 34.3. The number of carbonyl (C=O) groups is 1. The summed E-state index contributed by atoms with van der Waals surface area (Å²) in [6, 6.07) is 2.43. The number of anilines is 1. The van der Waals surface area contributed by atoms with Crippen LogP contribution in [0.25, 0.3) is 10.9 Å². The zero-order valence-corrected chi connectivity index (χ0v) is 18.4. The van der Waals surface area contributed by atoms with E-state index in [2.05, 4.69) is 15.3 Å².